The molecule has 12 heavy (non-hydrogen) atoms. The number of carbonyl (C=O) groups is 2. The summed E-state index contributed by atoms with van der Waals surface area (Å²) in [7, 11) is 1.68. The van der Waals surface area contributed by atoms with Crippen molar-refractivity contribution in [1.82, 2.24) is 10.2 Å². The van der Waals surface area contributed by atoms with Gasteiger partial charge in [0.2, 0.25) is 11.8 Å². The molecule has 0 rings (SSSR count). The molecule has 0 aromatic heterocycles. The second-order valence-corrected chi connectivity index (χ2v) is 2.33. The van der Waals surface area contributed by atoms with Gasteiger partial charge in [-0.2, -0.15) is 0 Å². The molecule has 0 saturated carbocycles. The van der Waals surface area contributed by atoms with Crippen LogP contribution in [0.1, 0.15) is 6.92 Å². The number of hydrogen-bond donors (Lipinski definition) is 1. The summed E-state index contributed by atoms with van der Waals surface area (Å²) >= 11 is 0. The molecule has 4 heteroatoms. The van der Waals surface area contributed by atoms with Crippen molar-refractivity contribution < 1.29 is 9.59 Å². The van der Waals surface area contributed by atoms with Gasteiger partial charge in [-0.3, -0.25) is 9.59 Å². The molecule has 0 aliphatic heterocycles. The molecule has 0 radical (unpaired) electrons. The van der Waals surface area contributed by atoms with E-state index in [1.807, 2.05) is 6.92 Å². The Morgan fingerprint density at radius 3 is 2.58 bits per heavy atom. The van der Waals surface area contributed by atoms with E-state index in [1.54, 1.807) is 7.05 Å². The van der Waals surface area contributed by atoms with Crippen molar-refractivity contribution in [2.75, 3.05) is 20.1 Å². The van der Waals surface area contributed by atoms with E-state index in [0.717, 1.165) is 6.08 Å². The number of nitrogens with zero attached hydrogens (tertiary/aromatic N) is 1. The zero-order chi connectivity index (χ0) is 9.56. The van der Waals surface area contributed by atoms with Gasteiger partial charge in [0.1, 0.15) is 0 Å². The van der Waals surface area contributed by atoms with Gasteiger partial charge in [-0.1, -0.05) is 6.58 Å². The lowest BCUT2D eigenvalue weighted by Crippen LogP contribution is -2.37. The summed E-state index contributed by atoms with van der Waals surface area (Å²) in [5.41, 5.74) is 0. The minimum atomic E-state index is -0.326. The number of carbonyl (C=O) groups excluding carboxylic acids is 2. The summed E-state index contributed by atoms with van der Waals surface area (Å²) in [6, 6.07) is 0. The molecule has 0 spiro atoms. The molecule has 0 bridgehead atoms. The Hall–Kier alpha value is -1.32. The van der Waals surface area contributed by atoms with Crippen LogP contribution in [0.2, 0.25) is 0 Å². The highest BCUT2D eigenvalue weighted by Gasteiger charge is 2.05. The van der Waals surface area contributed by atoms with Crippen molar-refractivity contribution >= 4 is 11.8 Å². The summed E-state index contributed by atoms with van der Waals surface area (Å²) in [4.78, 5) is 23.2. The van der Waals surface area contributed by atoms with Crippen molar-refractivity contribution in [3.8, 4) is 0 Å². The first kappa shape index (κ1) is 10.7. The Morgan fingerprint density at radius 1 is 1.58 bits per heavy atom. The highest BCUT2D eigenvalue weighted by molar-refractivity contribution is 5.90. The lowest BCUT2D eigenvalue weighted by Gasteiger charge is -2.13. The third-order valence-corrected chi connectivity index (χ3v) is 1.50. The molecular formula is C8H14N2O2. The van der Waals surface area contributed by atoms with Crippen LogP contribution in [0.5, 0.6) is 0 Å². The van der Waals surface area contributed by atoms with Gasteiger partial charge in [0.15, 0.2) is 0 Å². The normalized spacial score (nSPS) is 8.83. The average Bonchev–Trinajstić information content (AvgIpc) is 2.11. The zero-order valence-electron chi connectivity index (χ0n) is 7.46. The fraction of sp³-hybridized carbons (Fsp3) is 0.500. The average molecular weight is 170 g/mol. The number of nitrogens with one attached hydrogen (secondary N) is 1. The van der Waals surface area contributed by atoms with Crippen LogP contribution >= 0.6 is 0 Å². The van der Waals surface area contributed by atoms with Crippen molar-refractivity contribution in [3.05, 3.63) is 12.7 Å². The second kappa shape index (κ2) is 5.35. The minimum Gasteiger partial charge on any atom is -0.345 e. The smallest absolute Gasteiger partial charge is 0.243 e. The quantitative estimate of drug-likeness (QED) is 0.592. The molecule has 0 aromatic rings. The van der Waals surface area contributed by atoms with Crippen LogP contribution < -0.4 is 5.32 Å². The monoisotopic (exact) mass is 170 g/mol. The SMILES string of the molecule is C=CC(=O)NCC(=O)N(C)CC. The van der Waals surface area contributed by atoms with E-state index < -0.39 is 0 Å². The molecule has 0 aromatic carbocycles. The summed E-state index contributed by atoms with van der Waals surface area (Å²) in [6.07, 6.45) is 1.14. The van der Waals surface area contributed by atoms with Gasteiger partial charge in [-0.15, -0.1) is 0 Å². The van der Waals surface area contributed by atoms with Crippen LogP contribution in [0.15, 0.2) is 12.7 Å². The van der Waals surface area contributed by atoms with Crippen molar-refractivity contribution in [2.24, 2.45) is 0 Å². The van der Waals surface area contributed by atoms with E-state index in [2.05, 4.69) is 11.9 Å². The maximum atomic E-state index is 11.1. The fourth-order valence-electron chi connectivity index (χ4n) is 0.546. The summed E-state index contributed by atoms with van der Waals surface area (Å²) < 4.78 is 0. The van der Waals surface area contributed by atoms with Gasteiger partial charge in [-0.25, -0.2) is 0 Å². The Morgan fingerprint density at radius 2 is 2.17 bits per heavy atom. The minimum absolute atomic E-state index is 0.0369. The number of likely N-dealkylation sites (N-methyl/N-ethyl adjacent to an activating group) is 1. The lowest BCUT2D eigenvalue weighted by atomic mass is 10.4. The summed E-state index contributed by atoms with van der Waals surface area (Å²) in [6.45, 7) is 5.81. The van der Waals surface area contributed by atoms with E-state index in [-0.39, 0.29) is 18.4 Å². The molecule has 1 N–H and O–H groups in total. The Balaban J connectivity index is 3.71. The molecule has 0 saturated heterocycles. The molecule has 0 heterocycles. The van der Waals surface area contributed by atoms with Crippen LogP contribution in [0.3, 0.4) is 0 Å². The van der Waals surface area contributed by atoms with Gasteiger partial charge in [0, 0.05) is 13.6 Å². The van der Waals surface area contributed by atoms with Gasteiger partial charge in [0.05, 0.1) is 6.54 Å². The van der Waals surface area contributed by atoms with Crippen LogP contribution in [0.25, 0.3) is 0 Å². The standard InChI is InChI=1S/C8H14N2O2/c1-4-7(11)9-6-8(12)10(3)5-2/h4H,1,5-6H2,2-3H3,(H,9,11). The van der Waals surface area contributed by atoms with Gasteiger partial charge < -0.3 is 10.2 Å². The second-order valence-electron chi connectivity index (χ2n) is 2.33. The molecular weight excluding hydrogens is 156 g/mol. The Kier molecular flexibility index (Phi) is 4.76. The van der Waals surface area contributed by atoms with E-state index >= 15 is 0 Å². The lowest BCUT2D eigenvalue weighted by molar-refractivity contribution is -0.130. The van der Waals surface area contributed by atoms with Crippen molar-refractivity contribution in [2.45, 2.75) is 6.92 Å². The highest BCUT2D eigenvalue weighted by atomic mass is 16.2. The zero-order valence-corrected chi connectivity index (χ0v) is 7.46. The predicted molar refractivity (Wildman–Crippen MR) is 46.5 cm³/mol. The van der Waals surface area contributed by atoms with Crippen LogP contribution in [0.4, 0.5) is 0 Å². The van der Waals surface area contributed by atoms with Crippen molar-refractivity contribution in [3.63, 3.8) is 0 Å². The number of rotatable bonds is 4. The fourth-order valence-corrected chi connectivity index (χ4v) is 0.546. The molecule has 0 aliphatic rings. The summed E-state index contributed by atoms with van der Waals surface area (Å²) in [5, 5.41) is 2.40. The Bertz CT molecular complexity index is 189. The van der Waals surface area contributed by atoms with Crippen LogP contribution in [-0.2, 0) is 9.59 Å². The molecule has 2 amide bonds. The highest BCUT2D eigenvalue weighted by Crippen LogP contribution is 1.81. The Labute approximate surface area is 72.2 Å². The third-order valence-electron chi connectivity index (χ3n) is 1.50. The first-order valence-electron chi connectivity index (χ1n) is 3.76. The molecule has 68 valence electrons. The van der Waals surface area contributed by atoms with Gasteiger partial charge in [0.25, 0.3) is 0 Å². The third kappa shape index (κ3) is 3.75. The van der Waals surface area contributed by atoms with Gasteiger partial charge >= 0.3 is 0 Å². The largest absolute Gasteiger partial charge is 0.345 e. The first-order valence-corrected chi connectivity index (χ1v) is 3.76. The van der Waals surface area contributed by atoms with E-state index in [0.29, 0.717) is 6.54 Å². The van der Waals surface area contributed by atoms with Crippen LogP contribution in [-0.4, -0.2) is 36.9 Å². The molecule has 4 nitrogen and oxygen atoms in total. The topological polar surface area (TPSA) is 49.4 Å². The summed E-state index contributed by atoms with van der Waals surface area (Å²) in [5.74, 6) is -0.430. The maximum Gasteiger partial charge on any atom is 0.243 e. The van der Waals surface area contributed by atoms with E-state index in [4.69, 9.17) is 0 Å². The molecule has 0 aliphatic carbocycles. The van der Waals surface area contributed by atoms with Crippen LogP contribution in [0, 0.1) is 0 Å². The molecule has 0 atom stereocenters. The number of hydrogen-bond acceptors (Lipinski definition) is 2. The van der Waals surface area contributed by atoms with E-state index in [1.165, 1.54) is 4.90 Å². The maximum absolute atomic E-state index is 11.1. The first-order chi connectivity index (χ1) is 5.61. The van der Waals surface area contributed by atoms with E-state index in [9.17, 15) is 9.59 Å². The number of amides is 2. The predicted octanol–water partition coefficient (Wildman–Crippen LogP) is -0.233. The van der Waals surface area contributed by atoms with Crippen molar-refractivity contribution in [1.29, 1.82) is 0 Å². The molecule has 0 unspecified atom stereocenters. The van der Waals surface area contributed by atoms with Gasteiger partial charge in [-0.05, 0) is 13.0 Å². The molecule has 0 fully saturated rings.